The fourth-order valence-electron chi connectivity index (χ4n) is 2.79. The van der Waals surface area contributed by atoms with Crippen LogP contribution >= 0.6 is 0 Å². The van der Waals surface area contributed by atoms with E-state index in [0.29, 0.717) is 6.04 Å². The first kappa shape index (κ1) is 16.0. The molecule has 0 aliphatic rings. The molecule has 0 spiro atoms. The number of para-hydroxylation sites is 1. The van der Waals surface area contributed by atoms with Crippen molar-refractivity contribution in [1.82, 2.24) is 10.3 Å². The van der Waals surface area contributed by atoms with E-state index in [-0.39, 0.29) is 5.41 Å². The number of nitrogens with zero attached hydrogens (tertiary/aromatic N) is 1. The van der Waals surface area contributed by atoms with E-state index in [9.17, 15) is 0 Å². The molecule has 1 heterocycles. The molecule has 1 aromatic carbocycles. The summed E-state index contributed by atoms with van der Waals surface area (Å²) in [5.74, 6) is 0. The zero-order valence-corrected chi connectivity index (χ0v) is 14.0. The molecular weight excluding hydrogens is 256 g/mol. The summed E-state index contributed by atoms with van der Waals surface area (Å²) >= 11 is 0. The first-order chi connectivity index (χ1) is 9.91. The van der Waals surface area contributed by atoms with Gasteiger partial charge in [0, 0.05) is 17.1 Å². The van der Waals surface area contributed by atoms with Crippen molar-refractivity contribution in [2.75, 3.05) is 6.54 Å². The van der Waals surface area contributed by atoms with Crippen LogP contribution in [0.5, 0.6) is 0 Å². The average Bonchev–Trinajstić information content (AvgIpc) is 2.41. The van der Waals surface area contributed by atoms with Gasteiger partial charge in [-0.1, -0.05) is 45.9 Å². The Bertz CT molecular complexity index is 596. The van der Waals surface area contributed by atoms with E-state index >= 15 is 0 Å². The predicted octanol–water partition coefficient (Wildman–Crippen LogP) is 4.50. The Kier molecular flexibility index (Phi) is 5.00. The van der Waals surface area contributed by atoms with Crippen LogP contribution in [-0.2, 0) is 6.42 Å². The quantitative estimate of drug-likeness (QED) is 0.874. The van der Waals surface area contributed by atoms with Gasteiger partial charge in [-0.2, -0.15) is 0 Å². The topological polar surface area (TPSA) is 24.9 Å². The summed E-state index contributed by atoms with van der Waals surface area (Å²) in [5.41, 5.74) is 3.86. The molecule has 2 rings (SSSR count). The van der Waals surface area contributed by atoms with Crippen molar-refractivity contribution < 1.29 is 0 Å². The Balaban J connectivity index is 2.36. The Morgan fingerprint density at radius 1 is 1.19 bits per heavy atom. The standard InChI is InChI=1S/C19H28N2/c1-6-11-20-18(19(3,4)5)13-15-12-14(2)21-17-10-8-7-9-16(15)17/h7-10,12,18,20H,6,11,13H2,1-5H3. The van der Waals surface area contributed by atoms with Crippen LogP contribution < -0.4 is 5.32 Å². The maximum atomic E-state index is 4.65. The molecule has 114 valence electrons. The van der Waals surface area contributed by atoms with Crippen LogP contribution in [-0.4, -0.2) is 17.6 Å². The second-order valence-corrected chi connectivity index (χ2v) is 7.02. The second kappa shape index (κ2) is 6.57. The SMILES string of the molecule is CCCNC(Cc1cc(C)nc2ccccc12)C(C)(C)C. The molecule has 0 saturated heterocycles. The minimum Gasteiger partial charge on any atom is -0.313 e. The molecule has 0 saturated carbocycles. The van der Waals surface area contributed by atoms with Crippen molar-refractivity contribution in [3.8, 4) is 0 Å². The van der Waals surface area contributed by atoms with Gasteiger partial charge in [-0.15, -0.1) is 0 Å². The lowest BCUT2D eigenvalue weighted by atomic mass is 9.82. The van der Waals surface area contributed by atoms with Crippen LogP contribution in [0, 0.1) is 12.3 Å². The molecule has 0 aliphatic heterocycles. The third kappa shape index (κ3) is 4.04. The maximum Gasteiger partial charge on any atom is 0.0707 e. The fourth-order valence-corrected chi connectivity index (χ4v) is 2.79. The molecule has 21 heavy (non-hydrogen) atoms. The molecule has 1 N–H and O–H groups in total. The number of aromatic nitrogens is 1. The number of fused-ring (bicyclic) bond motifs is 1. The third-order valence-electron chi connectivity index (χ3n) is 4.04. The van der Waals surface area contributed by atoms with E-state index in [1.807, 2.05) is 0 Å². The molecule has 2 aromatic rings. The highest BCUT2D eigenvalue weighted by molar-refractivity contribution is 5.82. The summed E-state index contributed by atoms with van der Waals surface area (Å²) in [7, 11) is 0. The molecule has 0 amide bonds. The summed E-state index contributed by atoms with van der Waals surface area (Å²) in [6.07, 6.45) is 2.22. The van der Waals surface area contributed by atoms with Gasteiger partial charge < -0.3 is 5.32 Å². The number of hydrogen-bond acceptors (Lipinski definition) is 2. The van der Waals surface area contributed by atoms with E-state index in [1.165, 1.54) is 17.4 Å². The normalized spacial score (nSPS) is 13.6. The number of pyridine rings is 1. The van der Waals surface area contributed by atoms with Crippen LogP contribution in [0.3, 0.4) is 0 Å². The summed E-state index contributed by atoms with van der Waals surface area (Å²) in [6, 6.07) is 11.2. The maximum absolute atomic E-state index is 4.65. The zero-order chi connectivity index (χ0) is 15.5. The molecule has 1 aromatic heterocycles. The number of rotatable bonds is 5. The van der Waals surface area contributed by atoms with Crippen molar-refractivity contribution in [3.63, 3.8) is 0 Å². The van der Waals surface area contributed by atoms with Crippen LogP contribution in [0.15, 0.2) is 30.3 Å². The van der Waals surface area contributed by atoms with E-state index in [1.54, 1.807) is 0 Å². The number of hydrogen-bond donors (Lipinski definition) is 1. The highest BCUT2D eigenvalue weighted by Crippen LogP contribution is 2.26. The number of nitrogens with one attached hydrogen (secondary N) is 1. The molecule has 0 fully saturated rings. The third-order valence-corrected chi connectivity index (χ3v) is 4.04. The van der Waals surface area contributed by atoms with E-state index in [4.69, 9.17) is 0 Å². The van der Waals surface area contributed by atoms with Gasteiger partial charge in [-0.25, -0.2) is 0 Å². The predicted molar refractivity (Wildman–Crippen MR) is 91.7 cm³/mol. The van der Waals surface area contributed by atoms with Gasteiger partial charge in [0.05, 0.1) is 5.52 Å². The summed E-state index contributed by atoms with van der Waals surface area (Å²) in [5, 5.41) is 5.01. The number of benzene rings is 1. The highest BCUT2D eigenvalue weighted by Gasteiger charge is 2.24. The fraction of sp³-hybridized carbons (Fsp3) is 0.526. The summed E-state index contributed by atoms with van der Waals surface area (Å²) in [4.78, 5) is 4.65. The molecule has 1 unspecified atom stereocenters. The minimum atomic E-state index is 0.244. The lowest BCUT2D eigenvalue weighted by molar-refractivity contribution is 0.267. The van der Waals surface area contributed by atoms with Gasteiger partial charge in [0.1, 0.15) is 0 Å². The molecule has 2 nitrogen and oxygen atoms in total. The summed E-state index contributed by atoms with van der Waals surface area (Å²) in [6.45, 7) is 12.3. The first-order valence-electron chi connectivity index (χ1n) is 8.00. The van der Waals surface area contributed by atoms with Gasteiger partial charge in [0.2, 0.25) is 0 Å². The van der Waals surface area contributed by atoms with E-state index < -0.39 is 0 Å². The van der Waals surface area contributed by atoms with Crippen molar-refractivity contribution in [1.29, 1.82) is 0 Å². The lowest BCUT2D eigenvalue weighted by Crippen LogP contribution is -2.42. The second-order valence-electron chi connectivity index (χ2n) is 7.02. The first-order valence-corrected chi connectivity index (χ1v) is 8.00. The molecule has 1 atom stereocenters. The van der Waals surface area contributed by atoms with Gasteiger partial charge in [-0.3, -0.25) is 4.98 Å². The largest absolute Gasteiger partial charge is 0.313 e. The molecule has 0 bridgehead atoms. The van der Waals surface area contributed by atoms with E-state index in [2.05, 4.69) is 75.3 Å². The molecule has 0 aliphatic carbocycles. The highest BCUT2D eigenvalue weighted by atomic mass is 14.9. The Hall–Kier alpha value is -1.41. The van der Waals surface area contributed by atoms with Crippen LogP contribution in [0.1, 0.15) is 45.4 Å². The average molecular weight is 284 g/mol. The molecular formula is C19H28N2. The molecule has 2 heteroatoms. The lowest BCUT2D eigenvalue weighted by Gasteiger charge is -2.32. The Morgan fingerprint density at radius 3 is 2.57 bits per heavy atom. The van der Waals surface area contributed by atoms with Gasteiger partial charge >= 0.3 is 0 Å². The van der Waals surface area contributed by atoms with Crippen molar-refractivity contribution >= 4 is 10.9 Å². The Labute approximate surface area is 129 Å². The van der Waals surface area contributed by atoms with Crippen LogP contribution in [0.2, 0.25) is 0 Å². The zero-order valence-electron chi connectivity index (χ0n) is 14.0. The van der Waals surface area contributed by atoms with Crippen molar-refractivity contribution in [3.05, 3.63) is 41.6 Å². The van der Waals surface area contributed by atoms with Gasteiger partial charge in [-0.05, 0) is 49.4 Å². The van der Waals surface area contributed by atoms with E-state index in [0.717, 1.165) is 24.2 Å². The summed E-state index contributed by atoms with van der Waals surface area (Å²) < 4.78 is 0. The van der Waals surface area contributed by atoms with Crippen molar-refractivity contribution in [2.24, 2.45) is 5.41 Å². The Morgan fingerprint density at radius 2 is 1.90 bits per heavy atom. The minimum absolute atomic E-state index is 0.244. The number of aryl methyl sites for hydroxylation is 1. The monoisotopic (exact) mass is 284 g/mol. The smallest absolute Gasteiger partial charge is 0.0707 e. The van der Waals surface area contributed by atoms with Crippen molar-refractivity contribution in [2.45, 2.75) is 53.5 Å². The van der Waals surface area contributed by atoms with Gasteiger partial charge in [0.15, 0.2) is 0 Å². The van der Waals surface area contributed by atoms with Crippen LogP contribution in [0.25, 0.3) is 10.9 Å². The molecule has 0 radical (unpaired) electrons. The van der Waals surface area contributed by atoms with Gasteiger partial charge in [0.25, 0.3) is 0 Å². The van der Waals surface area contributed by atoms with Crippen LogP contribution in [0.4, 0.5) is 0 Å².